The third-order valence-corrected chi connectivity index (χ3v) is 15.6. The SMILES string of the molecule is CC(C)(C)c1ccc2c(c1)C=NC2.CC(C)(C)c1ccc2c(c1)N=CC2.CC(C)(C)c1ccc2cn[nH]c2c1.CC(C)(C)c1ccc2nc[nH]c2c1.CC(C)(C)c1ccc2ncsc2c1.CC(C)(C)c1ccc2sncc2c1. The highest BCUT2D eigenvalue weighted by molar-refractivity contribution is 7.16. The number of H-pyrrole nitrogens is 2. The van der Waals surface area contributed by atoms with Crippen LogP contribution in [0.4, 0.5) is 5.69 Å². The number of thiazole rings is 1. The molecule has 4 aromatic heterocycles. The minimum absolute atomic E-state index is 0.208. The number of hydrogen-bond acceptors (Lipinski definition) is 8. The zero-order valence-electron chi connectivity index (χ0n) is 49.8. The second kappa shape index (κ2) is 23.8. The number of aromatic amines is 2. The van der Waals surface area contributed by atoms with Crippen LogP contribution in [0.5, 0.6) is 0 Å². The van der Waals surface area contributed by atoms with E-state index in [1.807, 2.05) is 30.3 Å². The molecule has 0 atom stereocenters. The molecule has 2 aliphatic rings. The number of nitrogens with one attached hydrogen (secondary N) is 2. The lowest BCUT2D eigenvalue weighted by Crippen LogP contribution is -2.11. The van der Waals surface area contributed by atoms with Crippen molar-refractivity contribution in [1.29, 1.82) is 0 Å². The van der Waals surface area contributed by atoms with E-state index in [2.05, 4.69) is 273 Å². The van der Waals surface area contributed by atoms with Crippen LogP contribution in [-0.4, -0.2) is 42.0 Å². The summed E-state index contributed by atoms with van der Waals surface area (Å²) in [6.45, 7) is 40.9. The van der Waals surface area contributed by atoms with Gasteiger partial charge in [-0.05, 0) is 149 Å². The molecule has 0 aliphatic carbocycles. The molecule has 0 spiro atoms. The molecule has 0 fully saturated rings. The predicted octanol–water partition coefficient (Wildman–Crippen LogP) is 19.1. The summed E-state index contributed by atoms with van der Waals surface area (Å²) in [5.74, 6) is 0. The smallest absolute Gasteiger partial charge is 0.0931 e. The Morgan fingerprint density at radius 3 is 1.65 bits per heavy atom. The van der Waals surface area contributed by atoms with Crippen molar-refractivity contribution in [3.8, 4) is 0 Å². The molecule has 0 saturated carbocycles. The van der Waals surface area contributed by atoms with Gasteiger partial charge in [-0.1, -0.05) is 179 Å². The van der Waals surface area contributed by atoms with Crippen molar-refractivity contribution in [3.05, 3.63) is 183 Å². The molecule has 2 aliphatic heterocycles. The molecule has 6 heterocycles. The van der Waals surface area contributed by atoms with Crippen molar-refractivity contribution < 1.29 is 0 Å². The lowest BCUT2D eigenvalue weighted by atomic mass is 9.85. The fourth-order valence-corrected chi connectivity index (χ4v) is 9.94. The molecule has 0 bridgehead atoms. The summed E-state index contributed by atoms with van der Waals surface area (Å²) < 4.78 is 6.72. The quantitative estimate of drug-likeness (QED) is 0.158. The summed E-state index contributed by atoms with van der Waals surface area (Å²) >= 11 is 3.26. The van der Waals surface area contributed by atoms with Gasteiger partial charge in [-0.2, -0.15) is 9.47 Å². The Balaban J connectivity index is 0.000000136. The second-order valence-electron chi connectivity index (χ2n) is 26.7. The van der Waals surface area contributed by atoms with Gasteiger partial charge in [0.25, 0.3) is 0 Å². The van der Waals surface area contributed by atoms with E-state index < -0.39 is 0 Å². The Bertz CT molecular complexity index is 3240. The normalized spacial score (nSPS) is 13.1. The molecule has 10 heteroatoms. The molecule has 2 N–H and O–H groups in total. The largest absolute Gasteiger partial charge is 0.345 e. The van der Waals surface area contributed by atoms with Crippen molar-refractivity contribution in [2.75, 3.05) is 0 Å². The molecule has 10 aromatic rings. The first kappa shape index (κ1) is 59.0. The molecule has 0 unspecified atom stereocenters. The van der Waals surface area contributed by atoms with Crippen molar-refractivity contribution in [2.24, 2.45) is 9.98 Å². The highest BCUT2D eigenvalue weighted by Crippen LogP contribution is 2.33. The fraction of sp³-hybridized carbons (Fsp3) is 0.382. The van der Waals surface area contributed by atoms with E-state index in [4.69, 9.17) is 0 Å². The van der Waals surface area contributed by atoms with Crippen LogP contribution in [0.15, 0.2) is 143 Å². The maximum atomic E-state index is 4.35. The summed E-state index contributed by atoms with van der Waals surface area (Å²) in [4.78, 5) is 20.2. The molecule has 6 aromatic carbocycles. The molecule has 408 valence electrons. The third kappa shape index (κ3) is 15.8. The predicted molar refractivity (Wildman–Crippen MR) is 340 cm³/mol. The zero-order valence-corrected chi connectivity index (χ0v) is 51.4. The first-order valence-corrected chi connectivity index (χ1v) is 28.9. The highest BCUT2D eigenvalue weighted by Gasteiger charge is 2.19. The van der Waals surface area contributed by atoms with Crippen LogP contribution in [0.25, 0.3) is 42.2 Å². The van der Waals surface area contributed by atoms with Crippen LogP contribution in [0.2, 0.25) is 0 Å². The standard InChI is InChI=1S/2C12H15N.2C11H14N2.2C11H13NS/c1-12(2,3)11-5-4-9-7-13-8-10(9)6-11;1-12(2,3)10-5-4-9-6-7-13-11(9)8-10;1-11(2,3)9-5-4-8-7-12-13-10(8)6-9;1-11(2,3)8-4-5-9-10(6-8)13-7-12-9;1-11(2,3)9-4-5-10-8(6-9)7-12-13-10;1-11(2,3)8-4-5-9-10(6-8)13-7-12-9/h4-6,8H,7H2,1-3H3;4-5,7-8H,6H2,1-3H3;2*4-7H,1-3H3,(H,12,13);2*4-7H,1-3H3. The van der Waals surface area contributed by atoms with Gasteiger partial charge in [0.15, 0.2) is 0 Å². The minimum atomic E-state index is 0.208. The van der Waals surface area contributed by atoms with Gasteiger partial charge in [-0.15, -0.1) is 11.3 Å². The number of benzene rings is 6. The van der Waals surface area contributed by atoms with Gasteiger partial charge in [0, 0.05) is 35.8 Å². The molecule has 0 amide bonds. The van der Waals surface area contributed by atoms with Crippen LogP contribution in [-0.2, 0) is 45.5 Å². The van der Waals surface area contributed by atoms with Crippen molar-refractivity contribution in [1.82, 2.24) is 29.5 Å². The van der Waals surface area contributed by atoms with E-state index in [0.717, 1.165) is 40.7 Å². The summed E-state index contributed by atoms with van der Waals surface area (Å²) in [7, 11) is 0. The minimum Gasteiger partial charge on any atom is -0.345 e. The highest BCUT2D eigenvalue weighted by atomic mass is 32.1. The number of fused-ring (bicyclic) bond motifs is 6. The third-order valence-electron chi connectivity index (χ3n) is 14.0. The van der Waals surface area contributed by atoms with Crippen LogP contribution >= 0.6 is 22.9 Å². The second-order valence-corrected chi connectivity index (χ2v) is 28.4. The van der Waals surface area contributed by atoms with Gasteiger partial charge < -0.3 is 4.98 Å². The first-order chi connectivity index (χ1) is 36.4. The summed E-state index contributed by atoms with van der Waals surface area (Å²) in [5.41, 5.74) is 21.0. The Hall–Kier alpha value is -6.62. The number of hydrogen-bond donors (Lipinski definition) is 2. The van der Waals surface area contributed by atoms with E-state index in [1.54, 1.807) is 29.2 Å². The first-order valence-electron chi connectivity index (χ1n) is 27.3. The molecule has 0 saturated heterocycles. The molecule has 12 rings (SSSR count). The number of aliphatic imine (C=N–C) groups is 2. The van der Waals surface area contributed by atoms with Crippen LogP contribution in [0.3, 0.4) is 0 Å². The lowest BCUT2D eigenvalue weighted by molar-refractivity contribution is 0.590. The van der Waals surface area contributed by atoms with Gasteiger partial charge in [-0.3, -0.25) is 15.1 Å². The van der Waals surface area contributed by atoms with Crippen LogP contribution < -0.4 is 0 Å². The average molecular weight is 1080 g/mol. The van der Waals surface area contributed by atoms with Crippen LogP contribution in [0, 0.1) is 0 Å². The van der Waals surface area contributed by atoms with E-state index in [0.29, 0.717) is 0 Å². The van der Waals surface area contributed by atoms with E-state index in [9.17, 15) is 0 Å². The molecule has 0 radical (unpaired) electrons. The molecular formula is C68H84N8S2. The number of imidazole rings is 1. The van der Waals surface area contributed by atoms with Gasteiger partial charge in [0.05, 0.1) is 61.7 Å². The van der Waals surface area contributed by atoms with E-state index in [1.165, 1.54) is 70.2 Å². The van der Waals surface area contributed by atoms with Gasteiger partial charge in [0.1, 0.15) is 0 Å². The van der Waals surface area contributed by atoms with Crippen molar-refractivity contribution in [3.63, 3.8) is 0 Å². The topological polar surface area (TPSA) is 108 Å². The Morgan fingerprint density at radius 2 is 1.00 bits per heavy atom. The maximum Gasteiger partial charge on any atom is 0.0931 e. The number of nitrogens with zero attached hydrogens (tertiary/aromatic N) is 6. The van der Waals surface area contributed by atoms with Crippen molar-refractivity contribution >= 4 is 83.2 Å². The van der Waals surface area contributed by atoms with E-state index >= 15 is 0 Å². The van der Waals surface area contributed by atoms with Crippen LogP contribution in [0.1, 0.15) is 175 Å². The van der Waals surface area contributed by atoms with Crippen molar-refractivity contribution in [2.45, 2.75) is 170 Å². The van der Waals surface area contributed by atoms with E-state index in [-0.39, 0.29) is 32.5 Å². The average Bonchev–Trinajstić information content (AvgIpc) is 4.23. The maximum absolute atomic E-state index is 4.35. The lowest BCUT2D eigenvalue weighted by Gasteiger charge is -2.19. The molecule has 8 nitrogen and oxygen atoms in total. The zero-order chi connectivity index (χ0) is 56.8. The van der Waals surface area contributed by atoms with Gasteiger partial charge in [0.2, 0.25) is 0 Å². The Labute approximate surface area is 473 Å². The summed E-state index contributed by atoms with van der Waals surface area (Å²) in [6, 6.07) is 39.2. The fourth-order valence-electron chi connectivity index (χ4n) is 8.60. The number of rotatable bonds is 0. The Kier molecular flexibility index (Phi) is 18.0. The molecular weight excluding hydrogens is 993 g/mol. The number of aromatic nitrogens is 6. The van der Waals surface area contributed by atoms with Gasteiger partial charge >= 0.3 is 0 Å². The van der Waals surface area contributed by atoms with Gasteiger partial charge in [-0.25, -0.2) is 9.97 Å². The molecule has 78 heavy (non-hydrogen) atoms. The monoisotopic (exact) mass is 1080 g/mol. The summed E-state index contributed by atoms with van der Waals surface area (Å²) in [6.07, 6.45) is 10.5. The Morgan fingerprint density at radius 1 is 0.462 bits per heavy atom. The summed E-state index contributed by atoms with van der Waals surface area (Å²) in [5, 5.41) is 9.42.